The normalized spacial score (nSPS) is 9.86. The average Bonchev–Trinajstić information content (AvgIpc) is 2.48. The van der Waals surface area contributed by atoms with Gasteiger partial charge in [-0.05, 0) is 48.7 Å². The van der Waals surface area contributed by atoms with Gasteiger partial charge in [0.1, 0.15) is 0 Å². The lowest BCUT2D eigenvalue weighted by Gasteiger charge is -2.13. The van der Waals surface area contributed by atoms with Crippen molar-refractivity contribution >= 4 is 17.4 Å². The molecule has 2 rings (SSSR count). The van der Waals surface area contributed by atoms with E-state index in [1.54, 1.807) is 12.1 Å². The molecule has 4 N–H and O–H groups in total. The summed E-state index contributed by atoms with van der Waals surface area (Å²) in [6.07, 6.45) is 0. The number of carbonyl (C=O) groups is 1. The molecule has 0 bridgehead atoms. The molecular weight excluding hydrogens is 276 g/mol. The first-order chi connectivity index (χ1) is 10.5. The van der Waals surface area contributed by atoms with Gasteiger partial charge < -0.3 is 16.4 Å². The van der Waals surface area contributed by atoms with Crippen LogP contribution in [0.1, 0.15) is 22.3 Å². The molecule has 2 aromatic rings. The summed E-state index contributed by atoms with van der Waals surface area (Å²) in [5.41, 5.74) is 10.5. The highest BCUT2D eigenvalue weighted by atomic mass is 16.2. The Labute approximate surface area is 129 Å². The zero-order chi connectivity index (χ0) is 16.1. The third-order valence-corrected chi connectivity index (χ3v) is 3.50. The molecule has 2 aromatic carbocycles. The highest BCUT2D eigenvalue weighted by molar-refractivity contribution is 5.92. The maximum Gasteiger partial charge on any atom is 0.319 e. The van der Waals surface area contributed by atoms with Gasteiger partial charge in [-0.3, -0.25) is 0 Å². The SMILES string of the molecule is Cc1cccc(C)c1CNC(=O)Nc1ccc(C#N)cc1N. The standard InChI is InChI=1S/C17H18N4O/c1-11-4-3-5-12(2)14(11)10-20-17(22)21-16-7-6-13(9-18)8-15(16)19/h3-8H,10,19H2,1-2H3,(H2,20,21,22). The van der Waals surface area contributed by atoms with Crippen LogP contribution >= 0.6 is 0 Å². The van der Waals surface area contributed by atoms with Crippen LogP contribution in [0, 0.1) is 25.2 Å². The first kappa shape index (κ1) is 15.4. The van der Waals surface area contributed by atoms with Crippen molar-refractivity contribution < 1.29 is 4.79 Å². The van der Waals surface area contributed by atoms with Crippen molar-refractivity contribution in [3.05, 3.63) is 58.7 Å². The lowest BCUT2D eigenvalue weighted by Crippen LogP contribution is -2.29. The largest absolute Gasteiger partial charge is 0.397 e. The molecule has 0 aliphatic rings. The van der Waals surface area contributed by atoms with Crippen LogP contribution in [-0.2, 0) is 6.54 Å². The highest BCUT2D eigenvalue weighted by Crippen LogP contribution is 2.19. The van der Waals surface area contributed by atoms with Gasteiger partial charge in [0, 0.05) is 6.54 Å². The Bertz CT molecular complexity index is 727. The molecule has 22 heavy (non-hydrogen) atoms. The lowest BCUT2D eigenvalue weighted by atomic mass is 10.0. The molecule has 0 radical (unpaired) electrons. The number of nitrogens with two attached hydrogens (primary N) is 1. The molecule has 0 saturated heterocycles. The van der Waals surface area contributed by atoms with E-state index in [2.05, 4.69) is 10.6 Å². The summed E-state index contributed by atoms with van der Waals surface area (Å²) in [4.78, 5) is 12.0. The number of rotatable bonds is 3. The summed E-state index contributed by atoms with van der Waals surface area (Å²) in [5.74, 6) is 0. The van der Waals surface area contributed by atoms with E-state index in [1.165, 1.54) is 6.07 Å². The van der Waals surface area contributed by atoms with Crippen molar-refractivity contribution in [3.8, 4) is 6.07 Å². The van der Waals surface area contributed by atoms with Crippen molar-refractivity contribution in [1.82, 2.24) is 5.32 Å². The van der Waals surface area contributed by atoms with Gasteiger partial charge in [0.2, 0.25) is 0 Å². The minimum Gasteiger partial charge on any atom is -0.397 e. The molecule has 0 aromatic heterocycles. The molecule has 0 aliphatic heterocycles. The predicted octanol–water partition coefficient (Wildman–Crippen LogP) is 3.08. The number of benzene rings is 2. The maximum absolute atomic E-state index is 12.0. The molecule has 0 aliphatic carbocycles. The van der Waals surface area contributed by atoms with E-state index in [-0.39, 0.29) is 6.03 Å². The van der Waals surface area contributed by atoms with Crippen LogP contribution in [-0.4, -0.2) is 6.03 Å². The fourth-order valence-electron chi connectivity index (χ4n) is 2.21. The van der Waals surface area contributed by atoms with E-state index in [0.717, 1.165) is 16.7 Å². The number of carbonyl (C=O) groups excluding carboxylic acids is 1. The fourth-order valence-corrected chi connectivity index (χ4v) is 2.21. The van der Waals surface area contributed by atoms with Crippen LogP contribution in [0.5, 0.6) is 0 Å². The van der Waals surface area contributed by atoms with E-state index >= 15 is 0 Å². The van der Waals surface area contributed by atoms with Crippen molar-refractivity contribution in [2.24, 2.45) is 0 Å². The van der Waals surface area contributed by atoms with Crippen LogP contribution in [0.25, 0.3) is 0 Å². The number of hydrogen-bond acceptors (Lipinski definition) is 3. The zero-order valence-corrected chi connectivity index (χ0v) is 12.6. The van der Waals surface area contributed by atoms with Crippen LogP contribution in [0.3, 0.4) is 0 Å². The first-order valence-electron chi connectivity index (χ1n) is 6.91. The molecule has 5 nitrogen and oxygen atoms in total. The monoisotopic (exact) mass is 294 g/mol. The molecule has 2 amide bonds. The number of hydrogen-bond donors (Lipinski definition) is 3. The smallest absolute Gasteiger partial charge is 0.319 e. The van der Waals surface area contributed by atoms with E-state index in [9.17, 15) is 4.79 Å². The Balaban J connectivity index is 2.01. The summed E-state index contributed by atoms with van der Waals surface area (Å²) >= 11 is 0. The Morgan fingerprint density at radius 1 is 1.23 bits per heavy atom. The quantitative estimate of drug-likeness (QED) is 0.760. The summed E-state index contributed by atoms with van der Waals surface area (Å²) in [6, 6.07) is 12.4. The lowest BCUT2D eigenvalue weighted by molar-refractivity contribution is 0.251. The summed E-state index contributed by atoms with van der Waals surface area (Å²) in [7, 11) is 0. The van der Waals surface area contributed by atoms with Gasteiger partial charge >= 0.3 is 6.03 Å². The molecule has 0 unspecified atom stereocenters. The zero-order valence-electron chi connectivity index (χ0n) is 12.6. The Kier molecular flexibility index (Phi) is 4.64. The van der Waals surface area contributed by atoms with Crippen LogP contribution in [0.15, 0.2) is 36.4 Å². The topological polar surface area (TPSA) is 90.9 Å². The van der Waals surface area contributed by atoms with Crippen molar-refractivity contribution in [2.75, 3.05) is 11.1 Å². The van der Waals surface area contributed by atoms with Gasteiger partial charge in [-0.25, -0.2) is 4.79 Å². The number of nitrogen functional groups attached to an aromatic ring is 1. The van der Waals surface area contributed by atoms with Gasteiger partial charge in [-0.1, -0.05) is 18.2 Å². The van der Waals surface area contributed by atoms with Crippen LogP contribution in [0.2, 0.25) is 0 Å². The van der Waals surface area contributed by atoms with E-state index in [1.807, 2.05) is 38.1 Å². The second-order valence-corrected chi connectivity index (χ2v) is 5.09. The molecule has 0 spiro atoms. The molecule has 0 saturated carbocycles. The van der Waals surface area contributed by atoms with E-state index in [4.69, 9.17) is 11.0 Å². The molecule has 0 atom stereocenters. The Hall–Kier alpha value is -3.00. The van der Waals surface area contributed by atoms with Gasteiger partial charge in [0.15, 0.2) is 0 Å². The maximum atomic E-state index is 12.0. The number of nitriles is 1. The van der Waals surface area contributed by atoms with Gasteiger partial charge in [-0.15, -0.1) is 0 Å². The fraction of sp³-hybridized carbons (Fsp3) is 0.176. The molecule has 5 heteroatoms. The predicted molar refractivity (Wildman–Crippen MR) is 87.3 cm³/mol. The number of nitrogens with zero attached hydrogens (tertiary/aromatic N) is 1. The second kappa shape index (κ2) is 6.64. The first-order valence-corrected chi connectivity index (χ1v) is 6.91. The number of anilines is 2. The third kappa shape index (κ3) is 3.55. The highest BCUT2D eigenvalue weighted by Gasteiger charge is 2.07. The number of amides is 2. The molecular formula is C17H18N4O. The van der Waals surface area contributed by atoms with Gasteiger partial charge in [0.05, 0.1) is 23.0 Å². The summed E-state index contributed by atoms with van der Waals surface area (Å²) < 4.78 is 0. The summed E-state index contributed by atoms with van der Waals surface area (Å²) in [5, 5.41) is 14.3. The van der Waals surface area contributed by atoms with Gasteiger partial charge in [0.25, 0.3) is 0 Å². The molecule has 112 valence electrons. The number of urea groups is 1. The average molecular weight is 294 g/mol. The van der Waals surface area contributed by atoms with Crippen molar-refractivity contribution in [1.29, 1.82) is 5.26 Å². The summed E-state index contributed by atoms with van der Waals surface area (Å²) in [6.45, 7) is 4.47. The number of aryl methyl sites for hydroxylation is 2. The molecule has 0 fully saturated rings. The van der Waals surface area contributed by atoms with E-state index in [0.29, 0.717) is 23.5 Å². The third-order valence-electron chi connectivity index (χ3n) is 3.50. The Morgan fingerprint density at radius 2 is 1.91 bits per heavy atom. The number of nitrogens with one attached hydrogen (secondary N) is 2. The van der Waals surface area contributed by atoms with Crippen LogP contribution < -0.4 is 16.4 Å². The van der Waals surface area contributed by atoms with Gasteiger partial charge in [-0.2, -0.15) is 5.26 Å². The minimum atomic E-state index is -0.334. The minimum absolute atomic E-state index is 0.334. The van der Waals surface area contributed by atoms with Crippen molar-refractivity contribution in [2.45, 2.75) is 20.4 Å². The molecule has 0 heterocycles. The Morgan fingerprint density at radius 3 is 2.50 bits per heavy atom. The van der Waals surface area contributed by atoms with E-state index < -0.39 is 0 Å². The van der Waals surface area contributed by atoms with Crippen LogP contribution in [0.4, 0.5) is 16.2 Å². The second-order valence-electron chi connectivity index (χ2n) is 5.09. The van der Waals surface area contributed by atoms with Crippen molar-refractivity contribution in [3.63, 3.8) is 0 Å².